The van der Waals surface area contributed by atoms with E-state index < -0.39 is 5.63 Å². The summed E-state index contributed by atoms with van der Waals surface area (Å²) in [6, 6.07) is 9.18. The smallest absolute Gasteiger partial charge is 0.348 e. The molecule has 0 fully saturated rings. The summed E-state index contributed by atoms with van der Waals surface area (Å²) in [4.78, 5) is 17.3. The minimum Gasteiger partial charge on any atom is -0.507 e. The number of hydrogen-bond donors (Lipinski definition) is 2. The van der Waals surface area contributed by atoms with Crippen LogP contribution in [0.4, 0.5) is 11.4 Å². The highest BCUT2D eigenvalue weighted by Crippen LogP contribution is 2.37. The molecule has 1 aliphatic heterocycles. The molecule has 2 N–H and O–H groups in total. The van der Waals surface area contributed by atoms with Crippen LogP contribution in [0.25, 0.3) is 0 Å². The lowest BCUT2D eigenvalue weighted by Gasteiger charge is -2.19. The van der Waals surface area contributed by atoms with Crippen LogP contribution in [0.2, 0.25) is 0 Å². The number of nitrogens with zero attached hydrogens (tertiary/aromatic N) is 3. The van der Waals surface area contributed by atoms with E-state index in [1.807, 2.05) is 42.1 Å². The van der Waals surface area contributed by atoms with Gasteiger partial charge in [-0.1, -0.05) is 12.1 Å². The minimum atomic E-state index is -0.589. The number of nitrogens with one attached hydrogen (secondary N) is 1. The summed E-state index contributed by atoms with van der Waals surface area (Å²) in [6.45, 7) is 7.84. The Morgan fingerprint density at radius 3 is 2.72 bits per heavy atom. The molecule has 29 heavy (non-hydrogen) atoms. The van der Waals surface area contributed by atoms with Gasteiger partial charge in [0.05, 0.1) is 29.3 Å². The number of aromatic nitrogens is 2. The molecule has 0 saturated heterocycles. The number of fused-ring (bicyclic) bond motifs is 1. The van der Waals surface area contributed by atoms with Crippen molar-refractivity contribution >= 4 is 17.1 Å². The Bertz CT molecular complexity index is 1160. The molecule has 7 heteroatoms. The van der Waals surface area contributed by atoms with Crippen molar-refractivity contribution in [3.05, 3.63) is 69.5 Å². The quantitative estimate of drug-likeness (QED) is 0.688. The fourth-order valence-corrected chi connectivity index (χ4v) is 3.82. The maximum absolute atomic E-state index is 12.5. The first-order valence-corrected chi connectivity index (χ1v) is 9.66. The molecule has 7 nitrogen and oxygen atoms in total. The predicted octanol–water partition coefficient (Wildman–Crippen LogP) is 4.42. The highest BCUT2D eigenvalue weighted by molar-refractivity contribution is 6.05. The van der Waals surface area contributed by atoms with Gasteiger partial charge < -0.3 is 14.8 Å². The monoisotopic (exact) mass is 392 g/mol. The number of aryl methyl sites for hydroxylation is 1. The first kappa shape index (κ1) is 19.0. The average Bonchev–Trinajstić information content (AvgIpc) is 2.93. The molecular formula is C22H24N4O3. The van der Waals surface area contributed by atoms with Crippen LogP contribution in [0.5, 0.6) is 5.75 Å². The second-order valence-corrected chi connectivity index (χ2v) is 7.61. The lowest BCUT2D eigenvalue weighted by molar-refractivity contribution is 0.432. The van der Waals surface area contributed by atoms with Gasteiger partial charge in [0.2, 0.25) is 0 Å². The van der Waals surface area contributed by atoms with E-state index in [2.05, 4.69) is 24.3 Å². The molecule has 1 unspecified atom stereocenters. The molecule has 1 aromatic carbocycles. The van der Waals surface area contributed by atoms with Crippen molar-refractivity contribution in [2.45, 2.75) is 46.2 Å². The Kier molecular flexibility index (Phi) is 4.74. The van der Waals surface area contributed by atoms with Crippen molar-refractivity contribution in [3.63, 3.8) is 0 Å². The molecule has 3 heterocycles. The van der Waals surface area contributed by atoms with Crippen LogP contribution >= 0.6 is 0 Å². The SMILES string of the molecule is Cc1cc(O)c(C2=Nc3ccccc3NC(c3cnn(C(C)C)c3C)C2)c(=O)o1. The Morgan fingerprint density at radius 2 is 2.03 bits per heavy atom. The van der Waals surface area contributed by atoms with E-state index in [4.69, 9.17) is 9.41 Å². The third-order valence-electron chi connectivity index (χ3n) is 5.18. The molecule has 3 aromatic rings. The van der Waals surface area contributed by atoms with Crippen LogP contribution in [0.3, 0.4) is 0 Å². The molecule has 0 spiro atoms. The van der Waals surface area contributed by atoms with Crippen LogP contribution in [-0.4, -0.2) is 20.6 Å². The lowest BCUT2D eigenvalue weighted by Crippen LogP contribution is -2.20. The van der Waals surface area contributed by atoms with E-state index in [9.17, 15) is 9.90 Å². The highest BCUT2D eigenvalue weighted by atomic mass is 16.4. The first-order chi connectivity index (χ1) is 13.8. The molecule has 1 aliphatic rings. The number of aliphatic imine (C=N–C) groups is 1. The number of aromatic hydroxyl groups is 1. The molecule has 1 atom stereocenters. The van der Waals surface area contributed by atoms with Gasteiger partial charge in [0.25, 0.3) is 0 Å². The van der Waals surface area contributed by atoms with E-state index in [0.29, 0.717) is 23.6 Å². The van der Waals surface area contributed by atoms with Gasteiger partial charge in [-0.15, -0.1) is 0 Å². The molecule has 2 aromatic heterocycles. The van der Waals surface area contributed by atoms with E-state index in [0.717, 1.165) is 16.9 Å². The van der Waals surface area contributed by atoms with Gasteiger partial charge in [-0.2, -0.15) is 5.10 Å². The first-order valence-electron chi connectivity index (χ1n) is 9.66. The number of benzene rings is 1. The summed E-state index contributed by atoms with van der Waals surface area (Å²) < 4.78 is 7.21. The van der Waals surface area contributed by atoms with Gasteiger partial charge in [0.1, 0.15) is 17.1 Å². The zero-order valence-electron chi connectivity index (χ0n) is 16.9. The Morgan fingerprint density at radius 1 is 1.28 bits per heavy atom. The lowest BCUT2D eigenvalue weighted by atomic mass is 9.98. The number of hydrogen-bond acceptors (Lipinski definition) is 6. The molecule has 4 rings (SSSR count). The van der Waals surface area contributed by atoms with E-state index in [1.165, 1.54) is 6.07 Å². The molecule has 0 radical (unpaired) electrons. The van der Waals surface area contributed by atoms with Crippen LogP contribution in [-0.2, 0) is 0 Å². The number of anilines is 1. The summed E-state index contributed by atoms with van der Waals surface area (Å²) in [5, 5.41) is 18.5. The second-order valence-electron chi connectivity index (χ2n) is 7.61. The average molecular weight is 392 g/mol. The summed E-state index contributed by atoms with van der Waals surface area (Å²) in [5.41, 5.74) is 3.64. The Hall–Kier alpha value is -3.35. The van der Waals surface area contributed by atoms with Gasteiger partial charge in [-0.05, 0) is 39.8 Å². The standard InChI is InChI=1S/C22H24N4O3/c1-12(2)26-14(4)15(11-23-26)18-10-19(21-20(27)9-13(3)29-22(21)28)25-17-8-6-5-7-16(17)24-18/h5-9,11-12,18,24,27H,10H2,1-4H3. The third-order valence-corrected chi connectivity index (χ3v) is 5.18. The van der Waals surface area contributed by atoms with Crippen molar-refractivity contribution in [1.29, 1.82) is 0 Å². The van der Waals surface area contributed by atoms with Crippen molar-refractivity contribution in [3.8, 4) is 5.75 Å². The van der Waals surface area contributed by atoms with Gasteiger partial charge in [-0.25, -0.2) is 4.79 Å². The highest BCUT2D eigenvalue weighted by Gasteiger charge is 2.27. The molecule has 0 amide bonds. The maximum atomic E-state index is 12.5. The van der Waals surface area contributed by atoms with E-state index in [-0.39, 0.29) is 23.4 Å². The third kappa shape index (κ3) is 3.44. The van der Waals surface area contributed by atoms with Gasteiger partial charge in [0.15, 0.2) is 0 Å². The summed E-state index contributed by atoms with van der Waals surface area (Å²) in [6.07, 6.45) is 2.26. The molecule has 0 bridgehead atoms. The van der Waals surface area contributed by atoms with Crippen molar-refractivity contribution in [1.82, 2.24) is 9.78 Å². The van der Waals surface area contributed by atoms with Crippen LogP contribution in [0.1, 0.15) is 54.9 Å². The van der Waals surface area contributed by atoms with Gasteiger partial charge >= 0.3 is 5.63 Å². The topological polar surface area (TPSA) is 92.7 Å². The second kappa shape index (κ2) is 7.24. The fourth-order valence-electron chi connectivity index (χ4n) is 3.82. The molecule has 150 valence electrons. The van der Waals surface area contributed by atoms with E-state index in [1.54, 1.807) is 6.92 Å². The minimum absolute atomic E-state index is 0.105. The van der Waals surface area contributed by atoms with Crippen LogP contribution in [0.15, 0.2) is 50.7 Å². The normalized spacial score (nSPS) is 16.2. The summed E-state index contributed by atoms with van der Waals surface area (Å²) >= 11 is 0. The zero-order valence-corrected chi connectivity index (χ0v) is 16.9. The molecule has 0 aliphatic carbocycles. The van der Waals surface area contributed by atoms with Gasteiger partial charge in [-0.3, -0.25) is 9.67 Å². The largest absolute Gasteiger partial charge is 0.507 e. The predicted molar refractivity (Wildman–Crippen MR) is 112 cm³/mol. The number of rotatable bonds is 3. The summed E-state index contributed by atoms with van der Waals surface area (Å²) in [5.74, 6) is 0.236. The zero-order chi connectivity index (χ0) is 20.7. The van der Waals surface area contributed by atoms with Gasteiger partial charge in [0, 0.05) is 29.8 Å². The summed E-state index contributed by atoms with van der Waals surface area (Å²) in [7, 11) is 0. The van der Waals surface area contributed by atoms with Crippen LogP contribution < -0.4 is 10.9 Å². The van der Waals surface area contributed by atoms with Crippen LogP contribution in [0, 0.1) is 13.8 Å². The number of para-hydroxylation sites is 2. The maximum Gasteiger partial charge on any atom is 0.348 e. The van der Waals surface area contributed by atoms with Crippen molar-refractivity contribution < 1.29 is 9.52 Å². The Balaban J connectivity index is 1.87. The fraction of sp³-hybridized carbons (Fsp3) is 0.318. The Labute approximate surface area is 168 Å². The molecular weight excluding hydrogens is 368 g/mol. The molecule has 0 saturated carbocycles. The van der Waals surface area contributed by atoms with Crippen molar-refractivity contribution in [2.24, 2.45) is 4.99 Å². The van der Waals surface area contributed by atoms with E-state index >= 15 is 0 Å². The van der Waals surface area contributed by atoms with Crippen molar-refractivity contribution in [2.75, 3.05) is 5.32 Å².